The van der Waals surface area contributed by atoms with Crippen LogP contribution in [0.2, 0.25) is 0 Å². The zero-order valence-corrected chi connectivity index (χ0v) is 18.5. The molecule has 0 amide bonds. The van der Waals surface area contributed by atoms with Crippen molar-refractivity contribution in [1.29, 1.82) is 0 Å². The molecule has 0 spiro atoms. The molecule has 4 fully saturated rings. The number of piperidine rings is 1. The van der Waals surface area contributed by atoms with Crippen LogP contribution in [0, 0.1) is 17.3 Å². The Labute approximate surface area is 178 Å². The molecule has 0 radical (unpaired) electrons. The van der Waals surface area contributed by atoms with Crippen molar-refractivity contribution in [2.75, 3.05) is 20.2 Å². The van der Waals surface area contributed by atoms with E-state index in [1.165, 1.54) is 12.8 Å². The predicted molar refractivity (Wildman–Crippen MR) is 114 cm³/mol. The number of nitrogens with zero attached hydrogens (tertiary/aromatic N) is 1. The maximum Gasteiger partial charge on any atom is 0.172 e. The minimum Gasteiger partial charge on any atom is -0.497 e. The summed E-state index contributed by atoms with van der Waals surface area (Å²) in [5, 5.41) is 11.4. The average molecular weight is 412 g/mol. The summed E-state index contributed by atoms with van der Waals surface area (Å²) >= 11 is 0. The Morgan fingerprint density at radius 3 is 2.67 bits per heavy atom. The number of methoxy groups -OCH3 is 1. The molecule has 0 bridgehead atoms. The van der Waals surface area contributed by atoms with Crippen LogP contribution < -0.4 is 4.74 Å². The minimum absolute atomic E-state index is 0.00682. The lowest BCUT2D eigenvalue weighted by molar-refractivity contribution is -0.124. The van der Waals surface area contributed by atoms with Crippen LogP contribution in [0.3, 0.4) is 0 Å². The molecule has 1 aromatic rings. The molecule has 4 aliphatic rings. The Morgan fingerprint density at radius 2 is 2.07 bits per heavy atom. The summed E-state index contributed by atoms with van der Waals surface area (Å²) in [4.78, 5) is 28.1. The Hall–Kier alpha value is -1.72. The Kier molecular flexibility index (Phi) is 4.31. The second-order valence-corrected chi connectivity index (χ2v) is 10.2. The van der Waals surface area contributed by atoms with Gasteiger partial charge >= 0.3 is 0 Å². The molecule has 1 unspecified atom stereocenters. The Balaban J connectivity index is 1.70. The monoisotopic (exact) mass is 411 g/mol. The highest BCUT2D eigenvalue weighted by atomic mass is 16.5. The fourth-order valence-electron chi connectivity index (χ4n) is 7.45. The first-order valence-corrected chi connectivity index (χ1v) is 11.5. The van der Waals surface area contributed by atoms with Crippen molar-refractivity contribution in [1.82, 2.24) is 4.90 Å². The predicted octanol–water partition coefficient (Wildman–Crippen LogP) is 3.37. The third kappa shape index (κ3) is 2.36. The number of benzene rings is 1. The largest absolute Gasteiger partial charge is 0.497 e. The van der Waals surface area contributed by atoms with Crippen molar-refractivity contribution in [3.63, 3.8) is 0 Å². The van der Waals surface area contributed by atoms with Crippen LogP contribution in [0.25, 0.3) is 0 Å². The van der Waals surface area contributed by atoms with E-state index in [9.17, 15) is 14.7 Å². The fourth-order valence-corrected chi connectivity index (χ4v) is 7.45. The van der Waals surface area contributed by atoms with Crippen molar-refractivity contribution >= 4 is 11.6 Å². The number of carbonyl (C=O) groups excluding carboxylic acids is 2. The van der Waals surface area contributed by atoms with E-state index in [0.29, 0.717) is 12.0 Å². The molecule has 1 N–H and O–H groups in total. The number of ketones is 2. The zero-order valence-electron chi connectivity index (χ0n) is 18.5. The third-order valence-corrected chi connectivity index (χ3v) is 9.08. The molecule has 1 heterocycles. The fraction of sp³-hybridized carbons (Fsp3) is 0.680. The molecule has 3 aliphatic carbocycles. The molecule has 5 nitrogen and oxygen atoms in total. The molecule has 162 valence electrons. The first-order chi connectivity index (χ1) is 14.2. The minimum atomic E-state index is -1.24. The molecule has 5 rings (SSSR count). The zero-order chi connectivity index (χ0) is 21.5. The number of Topliss-reactive ketones (excluding diaryl/α,β-unsaturated/α-hetero) is 2. The summed E-state index contributed by atoms with van der Waals surface area (Å²) in [6.07, 6.45) is 4.68. The van der Waals surface area contributed by atoms with Crippen LogP contribution in [0.4, 0.5) is 0 Å². The first-order valence-electron chi connectivity index (χ1n) is 11.5. The number of ether oxygens (including phenoxy) is 1. The second kappa shape index (κ2) is 6.39. The Morgan fingerprint density at radius 1 is 1.33 bits per heavy atom. The average Bonchev–Trinajstić information content (AvgIpc) is 3.61. The maximum absolute atomic E-state index is 12.9. The van der Waals surface area contributed by atoms with Gasteiger partial charge < -0.3 is 9.84 Å². The summed E-state index contributed by atoms with van der Waals surface area (Å²) in [6.45, 7) is 8.04. The van der Waals surface area contributed by atoms with E-state index in [1.54, 1.807) is 14.0 Å². The summed E-state index contributed by atoms with van der Waals surface area (Å²) in [5.41, 5.74) is -0.333. The van der Waals surface area contributed by atoms with Crippen LogP contribution in [0.5, 0.6) is 5.75 Å². The molecule has 3 saturated carbocycles. The van der Waals surface area contributed by atoms with Crippen LogP contribution in [-0.4, -0.2) is 53.4 Å². The van der Waals surface area contributed by atoms with Gasteiger partial charge in [0.15, 0.2) is 11.6 Å². The molecule has 30 heavy (non-hydrogen) atoms. The molecule has 0 aromatic heterocycles. The van der Waals surface area contributed by atoms with E-state index in [-0.39, 0.29) is 28.9 Å². The van der Waals surface area contributed by atoms with Gasteiger partial charge in [0, 0.05) is 29.0 Å². The van der Waals surface area contributed by atoms with E-state index < -0.39 is 11.0 Å². The number of hydrogen-bond donors (Lipinski definition) is 1. The van der Waals surface area contributed by atoms with Crippen molar-refractivity contribution in [3.8, 4) is 5.75 Å². The maximum atomic E-state index is 12.9. The summed E-state index contributed by atoms with van der Waals surface area (Å²) < 4.78 is 5.53. The second-order valence-electron chi connectivity index (χ2n) is 10.2. The van der Waals surface area contributed by atoms with Gasteiger partial charge in [-0.2, -0.15) is 0 Å². The van der Waals surface area contributed by atoms with E-state index >= 15 is 0 Å². The summed E-state index contributed by atoms with van der Waals surface area (Å²) in [5.74, 6) is 1.19. The van der Waals surface area contributed by atoms with Gasteiger partial charge in [-0.25, -0.2) is 0 Å². The van der Waals surface area contributed by atoms with E-state index in [1.807, 2.05) is 18.2 Å². The summed E-state index contributed by atoms with van der Waals surface area (Å²) in [6, 6.07) is 5.88. The van der Waals surface area contributed by atoms with Crippen molar-refractivity contribution in [2.24, 2.45) is 17.3 Å². The highest BCUT2D eigenvalue weighted by molar-refractivity contribution is 6.09. The quantitative estimate of drug-likeness (QED) is 0.727. The lowest BCUT2D eigenvalue weighted by Crippen LogP contribution is -2.63. The van der Waals surface area contributed by atoms with Crippen LogP contribution >= 0.6 is 0 Å². The highest BCUT2D eigenvalue weighted by Crippen LogP contribution is 2.75. The summed E-state index contributed by atoms with van der Waals surface area (Å²) in [7, 11) is 1.64. The smallest absolute Gasteiger partial charge is 0.172 e. The van der Waals surface area contributed by atoms with Crippen LogP contribution in [0.1, 0.15) is 68.8 Å². The normalized spacial score (nSPS) is 40.1. The number of rotatable bonds is 6. The lowest BCUT2D eigenvalue weighted by atomic mass is 9.51. The molecule has 1 aliphatic heterocycles. The molecular weight excluding hydrogens is 378 g/mol. The number of likely N-dealkylation sites (tertiary alicyclic amines) is 1. The molecular formula is C25H33NO4. The van der Waals surface area contributed by atoms with Gasteiger partial charge in [0.2, 0.25) is 0 Å². The molecule has 1 saturated heterocycles. The molecule has 5 atom stereocenters. The SMILES string of the molecule is CC[C@]12C3C(=O)[C@@]3(O)C[C@@]1(c1cc(OC)ccc1C(C)=O)CCN(CC1CC1)[C@@H]2C. The van der Waals surface area contributed by atoms with Gasteiger partial charge in [-0.05, 0) is 82.2 Å². The number of hydrogen-bond acceptors (Lipinski definition) is 5. The van der Waals surface area contributed by atoms with E-state index in [4.69, 9.17) is 4.74 Å². The van der Waals surface area contributed by atoms with Gasteiger partial charge in [-0.3, -0.25) is 14.5 Å². The molecule has 5 heteroatoms. The van der Waals surface area contributed by atoms with E-state index in [2.05, 4.69) is 18.7 Å². The van der Waals surface area contributed by atoms with Gasteiger partial charge in [0.1, 0.15) is 11.4 Å². The lowest BCUT2D eigenvalue weighted by Gasteiger charge is -2.59. The standard InChI is InChI=1S/C25H33NO4/c1-5-24-16(3)26(13-17-6-7-17)11-10-23(24,14-25(29)21(24)22(25)28)20-12-18(30-4)8-9-19(20)15(2)27/h8-9,12,16-17,21,29H,5-7,10-11,13-14H2,1-4H3/t16-,21?,23-,24+,25-/m1/s1. The van der Waals surface area contributed by atoms with Gasteiger partial charge in [-0.15, -0.1) is 0 Å². The van der Waals surface area contributed by atoms with Crippen molar-refractivity contribution < 1.29 is 19.4 Å². The topological polar surface area (TPSA) is 66.8 Å². The van der Waals surface area contributed by atoms with Crippen LogP contribution in [-0.2, 0) is 10.2 Å². The molecule has 1 aromatic carbocycles. The number of aliphatic hydroxyl groups is 1. The van der Waals surface area contributed by atoms with Crippen molar-refractivity contribution in [2.45, 2.75) is 69.9 Å². The van der Waals surface area contributed by atoms with Gasteiger partial charge in [0.05, 0.1) is 13.0 Å². The number of carbonyl (C=O) groups is 2. The van der Waals surface area contributed by atoms with E-state index in [0.717, 1.165) is 43.2 Å². The van der Waals surface area contributed by atoms with Crippen LogP contribution in [0.15, 0.2) is 18.2 Å². The highest BCUT2D eigenvalue weighted by Gasteiger charge is 2.85. The number of fused-ring (bicyclic) bond motifs is 3. The Bertz CT molecular complexity index is 924. The third-order valence-electron chi connectivity index (χ3n) is 9.08. The van der Waals surface area contributed by atoms with Gasteiger partial charge in [-0.1, -0.05) is 6.92 Å². The van der Waals surface area contributed by atoms with Gasteiger partial charge in [0.25, 0.3) is 0 Å². The van der Waals surface area contributed by atoms with Crippen molar-refractivity contribution in [3.05, 3.63) is 29.3 Å². The first kappa shape index (κ1) is 20.2.